The molecule has 0 unspecified atom stereocenters. The number of aryl methyl sites for hydroxylation is 1. The van der Waals surface area contributed by atoms with Crippen molar-refractivity contribution in [1.29, 1.82) is 0 Å². The van der Waals surface area contributed by atoms with E-state index >= 15 is 0 Å². The van der Waals surface area contributed by atoms with Gasteiger partial charge in [0.25, 0.3) is 0 Å². The number of aromatic nitrogens is 2. The van der Waals surface area contributed by atoms with Crippen LogP contribution >= 0.6 is 15.9 Å². The molecule has 1 aliphatic rings. The Hall–Kier alpha value is -2.47. The van der Waals surface area contributed by atoms with E-state index in [9.17, 15) is 9.18 Å². The first-order valence-electron chi connectivity index (χ1n) is 8.49. The predicted molar refractivity (Wildman–Crippen MR) is 102 cm³/mol. The summed E-state index contributed by atoms with van der Waals surface area (Å²) in [5.41, 5.74) is 3.14. The summed E-state index contributed by atoms with van der Waals surface area (Å²) in [7, 11) is 0. The Bertz CT molecular complexity index is 938. The number of hydrogen-bond acceptors (Lipinski definition) is 2. The van der Waals surface area contributed by atoms with Crippen molar-refractivity contribution in [2.75, 3.05) is 11.4 Å². The zero-order valence-electron chi connectivity index (χ0n) is 14.0. The lowest BCUT2D eigenvalue weighted by molar-refractivity contribution is -0.118. The molecule has 0 saturated carbocycles. The maximum Gasteiger partial charge on any atom is 0.231 e. The van der Waals surface area contributed by atoms with Gasteiger partial charge >= 0.3 is 0 Å². The SMILES string of the molecule is O=C(Cc1ccc(-n2cccn2)cc1)N1CCCc2cc(Br)cc(F)c21. The van der Waals surface area contributed by atoms with Gasteiger partial charge in [0.05, 0.1) is 17.8 Å². The summed E-state index contributed by atoms with van der Waals surface area (Å²) in [4.78, 5) is 14.4. The average Bonchev–Trinajstić information content (AvgIpc) is 3.16. The largest absolute Gasteiger partial charge is 0.309 e. The lowest BCUT2D eigenvalue weighted by Crippen LogP contribution is -2.37. The molecule has 0 spiro atoms. The molecular weight excluding hydrogens is 397 g/mol. The fraction of sp³-hybridized carbons (Fsp3) is 0.200. The van der Waals surface area contributed by atoms with Crippen molar-refractivity contribution >= 4 is 27.5 Å². The number of fused-ring (bicyclic) bond motifs is 1. The van der Waals surface area contributed by atoms with Crippen LogP contribution in [0.2, 0.25) is 0 Å². The molecule has 0 aliphatic carbocycles. The maximum absolute atomic E-state index is 14.5. The minimum absolute atomic E-state index is 0.0842. The quantitative estimate of drug-likeness (QED) is 0.641. The van der Waals surface area contributed by atoms with Gasteiger partial charge < -0.3 is 4.90 Å². The first-order chi connectivity index (χ1) is 12.6. The van der Waals surface area contributed by atoms with Crippen molar-refractivity contribution in [2.24, 2.45) is 0 Å². The Kier molecular flexibility index (Phi) is 4.59. The van der Waals surface area contributed by atoms with E-state index in [1.807, 2.05) is 42.6 Å². The van der Waals surface area contributed by atoms with Gasteiger partial charge in [-0.05, 0) is 54.3 Å². The van der Waals surface area contributed by atoms with E-state index in [1.54, 1.807) is 15.8 Å². The van der Waals surface area contributed by atoms with Crippen LogP contribution < -0.4 is 4.90 Å². The summed E-state index contributed by atoms with van der Waals surface area (Å²) in [6, 6.07) is 12.9. The van der Waals surface area contributed by atoms with Crippen LogP contribution in [0.3, 0.4) is 0 Å². The Morgan fingerprint density at radius 1 is 1.23 bits per heavy atom. The van der Waals surface area contributed by atoms with E-state index in [0.29, 0.717) is 16.7 Å². The van der Waals surface area contributed by atoms with E-state index in [-0.39, 0.29) is 18.1 Å². The smallest absolute Gasteiger partial charge is 0.231 e. The highest BCUT2D eigenvalue weighted by atomic mass is 79.9. The molecule has 0 radical (unpaired) electrons. The fourth-order valence-corrected chi connectivity index (χ4v) is 3.84. The topological polar surface area (TPSA) is 38.1 Å². The van der Waals surface area contributed by atoms with Gasteiger partial charge in [0, 0.05) is 23.4 Å². The summed E-state index contributed by atoms with van der Waals surface area (Å²) >= 11 is 3.32. The second-order valence-corrected chi connectivity index (χ2v) is 7.25. The molecular formula is C20H17BrFN3O. The zero-order chi connectivity index (χ0) is 18.1. The predicted octanol–water partition coefficient (Wildman–Crippen LogP) is 4.30. The Labute approximate surface area is 159 Å². The number of carbonyl (C=O) groups excluding carboxylic acids is 1. The highest BCUT2D eigenvalue weighted by Gasteiger charge is 2.26. The van der Waals surface area contributed by atoms with Crippen LogP contribution in [0.15, 0.2) is 59.3 Å². The molecule has 4 nitrogen and oxygen atoms in total. The van der Waals surface area contributed by atoms with E-state index in [4.69, 9.17) is 0 Å². The summed E-state index contributed by atoms with van der Waals surface area (Å²) in [6.45, 7) is 0.551. The van der Waals surface area contributed by atoms with Gasteiger partial charge in [-0.3, -0.25) is 4.79 Å². The molecule has 0 saturated heterocycles. The summed E-state index contributed by atoms with van der Waals surface area (Å²) in [6.07, 6.45) is 5.46. The lowest BCUT2D eigenvalue weighted by atomic mass is 10.0. The number of amides is 1. The van der Waals surface area contributed by atoms with Crippen molar-refractivity contribution in [3.63, 3.8) is 0 Å². The third kappa shape index (κ3) is 3.29. The molecule has 3 aromatic rings. The number of benzene rings is 2. The maximum atomic E-state index is 14.5. The van der Waals surface area contributed by atoms with Gasteiger partial charge in [0.15, 0.2) is 0 Å². The number of hydrogen-bond donors (Lipinski definition) is 0. The second kappa shape index (κ2) is 7.03. The minimum Gasteiger partial charge on any atom is -0.309 e. The van der Waals surface area contributed by atoms with Crippen LogP contribution in [0.5, 0.6) is 0 Å². The van der Waals surface area contributed by atoms with Crippen LogP contribution in [0.4, 0.5) is 10.1 Å². The molecule has 6 heteroatoms. The average molecular weight is 414 g/mol. The van der Waals surface area contributed by atoms with E-state index in [0.717, 1.165) is 29.7 Å². The normalized spacial score (nSPS) is 13.5. The van der Waals surface area contributed by atoms with E-state index in [1.165, 1.54) is 6.07 Å². The van der Waals surface area contributed by atoms with Crippen LogP contribution in [0.25, 0.3) is 5.69 Å². The molecule has 2 aromatic carbocycles. The summed E-state index contributed by atoms with van der Waals surface area (Å²) in [5.74, 6) is -0.435. The highest BCUT2D eigenvalue weighted by Crippen LogP contribution is 2.33. The van der Waals surface area contributed by atoms with Gasteiger partial charge in [-0.2, -0.15) is 5.10 Å². The molecule has 0 fully saturated rings. The molecule has 0 atom stereocenters. The Morgan fingerprint density at radius 3 is 2.77 bits per heavy atom. The third-order valence-corrected chi connectivity index (χ3v) is 5.02. The first kappa shape index (κ1) is 17.0. The van der Waals surface area contributed by atoms with E-state index in [2.05, 4.69) is 21.0 Å². The molecule has 1 amide bonds. The van der Waals surface area contributed by atoms with Crippen molar-refractivity contribution in [1.82, 2.24) is 9.78 Å². The van der Waals surface area contributed by atoms with Crippen molar-refractivity contribution in [3.05, 3.63) is 76.3 Å². The van der Waals surface area contributed by atoms with Gasteiger partial charge in [-0.15, -0.1) is 0 Å². The summed E-state index contributed by atoms with van der Waals surface area (Å²) < 4.78 is 16.9. The lowest BCUT2D eigenvalue weighted by Gasteiger charge is -2.30. The van der Waals surface area contributed by atoms with Crippen molar-refractivity contribution < 1.29 is 9.18 Å². The van der Waals surface area contributed by atoms with Crippen molar-refractivity contribution in [3.8, 4) is 5.69 Å². The molecule has 26 heavy (non-hydrogen) atoms. The molecule has 1 aromatic heterocycles. The Morgan fingerprint density at radius 2 is 2.04 bits per heavy atom. The van der Waals surface area contributed by atoms with Crippen molar-refractivity contribution in [2.45, 2.75) is 19.3 Å². The minimum atomic E-state index is -0.351. The second-order valence-electron chi connectivity index (χ2n) is 6.34. The van der Waals surface area contributed by atoms with Crippen LogP contribution in [-0.2, 0) is 17.6 Å². The van der Waals surface area contributed by atoms with Gasteiger partial charge in [-0.1, -0.05) is 28.1 Å². The third-order valence-electron chi connectivity index (χ3n) is 4.57. The molecule has 2 heterocycles. The monoisotopic (exact) mass is 413 g/mol. The highest BCUT2D eigenvalue weighted by molar-refractivity contribution is 9.10. The standard InChI is InChI=1S/C20H17BrFN3O/c21-16-12-15-3-1-9-24(20(15)18(22)13-16)19(26)11-14-4-6-17(7-5-14)25-10-2-8-23-25/h2,4-8,10,12-13H,1,3,9,11H2. The first-order valence-corrected chi connectivity index (χ1v) is 9.28. The number of carbonyl (C=O) groups is 1. The Balaban J connectivity index is 1.55. The zero-order valence-corrected chi connectivity index (χ0v) is 15.6. The number of nitrogens with zero attached hydrogens (tertiary/aromatic N) is 3. The van der Waals surface area contributed by atoms with Crippen LogP contribution in [0, 0.1) is 5.82 Å². The van der Waals surface area contributed by atoms with Crippen LogP contribution in [-0.4, -0.2) is 22.2 Å². The molecule has 4 rings (SSSR count). The number of rotatable bonds is 3. The van der Waals surface area contributed by atoms with Crippen LogP contribution in [0.1, 0.15) is 17.5 Å². The molecule has 1 aliphatic heterocycles. The molecule has 0 bridgehead atoms. The molecule has 0 N–H and O–H groups in total. The molecule has 132 valence electrons. The fourth-order valence-electron chi connectivity index (χ4n) is 3.36. The number of halogens is 2. The number of anilines is 1. The van der Waals surface area contributed by atoms with Gasteiger partial charge in [-0.25, -0.2) is 9.07 Å². The summed E-state index contributed by atoms with van der Waals surface area (Å²) in [5, 5.41) is 4.19. The van der Waals surface area contributed by atoms with E-state index < -0.39 is 0 Å². The van der Waals surface area contributed by atoms with Gasteiger partial charge in [0.2, 0.25) is 5.91 Å². The van der Waals surface area contributed by atoms with Gasteiger partial charge in [0.1, 0.15) is 5.82 Å².